The van der Waals surface area contributed by atoms with Crippen molar-refractivity contribution in [3.05, 3.63) is 65.0 Å². The Hall–Kier alpha value is -3.00. The minimum atomic E-state index is -2.71. The lowest BCUT2D eigenvalue weighted by molar-refractivity contribution is -0.139. The summed E-state index contributed by atoms with van der Waals surface area (Å²) in [5.74, 6) is -3.29. The molecule has 0 amide bonds. The number of carbonyl (C=O) groups is 1. The van der Waals surface area contributed by atoms with Gasteiger partial charge in [0.2, 0.25) is 0 Å². The lowest BCUT2D eigenvalue weighted by Crippen LogP contribution is -2.30. The van der Waals surface area contributed by atoms with Gasteiger partial charge in [0.05, 0.1) is 6.54 Å². The molecule has 0 atom stereocenters. The van der Waals surface area contributed by atoms with Gasteiger partial charge >= 0.3 is 5.97 Å². The second-order valence-corrected chi connectivity index (χ2v) is 7.43. The van der Waals surface area contributed by atoms with Crippen LogP contribution in [0.5, 0.6) is 11.5 Å². The molecule has 1 fully saturated rings. The van der Waals surface area contributed by atoms with E-state index in [-0.39, 0.29) is 31.9 Å². The topological polar surface area (TPSA) is 59.0 Å². The average Bonchev–Trinajstić information content (AvgIpc) is 3.05. The fourth-order valence-corrected chi connectivity index (χ4v) is 3.81. The highest BCUT2D eigenvalue weighted by Crippen LogP contribution is 2.40. The maximum absolute atomic E-state index is 13.7. The Kier molecular flexibility index (Phi) is 5.42. The quantitative estimate of drug-likeness (QED) is 0.772. The van der Waals surface area contributed by atoms with Crippen LogP contribution in [0.4, 0.5) is 13.2 Å². The first kappa shape index (κ1) is 20.3. The number of alkyl halides is 2. The molecule has 2 heterocycles. The first-order valence-corrected chi connectivity index (χ1v) is 9.51. The molecule has 4 rings (SSSR count). The molecule has 8 heteroatoms. The van der Waals surface area contributed by atoms with Crippen LogP contribution in [0.2, 0.25) is 0 Å². The Balaban J connectivity index is 1.74. The normalized spacial score (nSPS) is 18.1. The summed E-state index contributed by atoms with van der Waals surface area (Å²) in [5.41, 5.74) is 2.92. The van der Waals surface area contributed by atoms with E-state index in [0.717, 1.165) is 16.7 Å². The fourth-order valence-electron chi connectivity index (χ4n) is 3.81. The highest BCUT2D eigenvalue weighted by atomic mass is 19.3. The van der Waals surface area contributed by atoms with Gasteiger partial charge in [-0.1, -0.05) is 12.1 Å². The third-order valence-electron chi connectivity index (χ3n) is 5.13. The van der Waals surface area contributed by atoms with Gasteiger partial charge in [-0.2, -0.15) is 0 Å². The molecule has 2 aromatic rings. The Morgan fingerprint density at radius 2 is 1.97 bits per heavy atom. The number of rotatable bonds is 6. The third-order valence-corrected chi connectivity index (χ3v) is 5.13. The second-order valence-electron chi connectivity index (χ2n) is 7.43. The average molecular weight is 419 g/mol. The summed E-state index contributed by atoms with van der Waals surface area (Å²) >= 11 is 0. The van der Waals surface area contributed by atoms with E-state index in [2.05, 4.69) is 0 Å². The molecule has 2 aliphatic heterocycles. The number of ether oxygens (including phenoxy) is 2. The number of halogens is 3. The molecule has 2 aliphatic rings. The molecule has 0 aliphatic carbocycles. The predicted molar refractivity (Wildman–Crippen MR) is 103 cm³/mol. The Bertz CT molecular complexity index is 988. The van der Waals surface area contributed by atoms with E-state index >= 15 is 0 Å². The third kappa shape index (κ3) is 4.43. The van der Waals surface area contributed by atoms with Crippen molar-refractivity contribution in [2.75, 3.05) is 32.8 Å². The smallest absolute Gasteiger partial charge is 0.341 e. The zero-order valence-electron chi connectivity index (χ0n) is 16.0. The molecule has 158 valence electrons. The SMILES string of the molecule is O=C(O)COc1ccc2c(c1)C(c1ccc(F)cc1)=C(CN1CCC(F)(F)C1)CO2. The first-order chi connectivity index (χ1) is 14.3. The number of fused-ring (bicyclic) bond motifs is 1. The molecule has 0 radical (unpaired) electrons. The summed E-state index contributed by atoms with van der Waals surface area (Å²) in [6.07, 6.45) is -0.184. The van der Waals surface area contributed by atoms with Crippen molar-refractivity contribution in [3.8, 4) is 11.5 Å². The molecule has 1 saturated heterocycles. The number of hydrogen-bond acceptors (Lipinski definition) is 4. The van der Waals surface area contributed by atoms with Crippen LogP contribution in [0.1, 0.15) is 17.5 Å². The van der Waals surface area contributed by atoms with Crippen LogP contribution in [0.25, 0.3) is 5.57 Å². The van der Waals surface area contributed by atoms with Gasteiger partial charge in [-0.3, -0.25) is 4.90 Å². The maximum atomic E-state index is 13.7. The summed E-state index contributed by atoms with van der Waals surface area (Å²) in [6, 6.07) is 10.9. The number of benzene rings is 2. The van der Waals surface area contributed by atoms with Gasteiger partial charge in [0.15, 0.2) is 6.61 Å². The largest absolute Gasteiger partial charge is 0.489 e. The van der Waals surface area contributed by atoms with Crippen LogP contribution in [0, 0.1) is 5.82 Å². The van der Waals surface area contributed by atoms with Crippen molar-refractivity contribution < 1.29 is 32.5 Å². The highest BCUT2D eigenvalue weighted by Gasteiger charge is 2.38. The molecule has 0 bridgehead atoms. The van der Waals surface area contributed by atoms with Crippen molar-refractivity contribution in [2.45, 2.75) is 12.3 Å². The van der Waals surface area contributed by atoms with E-state index in [1.165, 1.54) is 12.1 Å². The van der Waals surface area contributed by atoms with Crippen molar-refractivity contribution in [3.63, 3.8) is 0 Å². The van der Waals surface area contributed by atoms with Crippen LogP contribution < -0.4 is 9.47 Å². The van der Waals surface area contributed by atoms with Gasteiger partial charge in [0.25, 0.3) is 5.92 Å². The standard InChI is InChI=1S/C22H20F3NO4/c23-16-3-1-14(2-4-16)21-15(10-26-8-7-22(24,25)13-26)11-30-19-6-5-17(9-18(19)21)29-12-20(27)28/h1-6,9H,7-8,10-13H2,(H,27,28). The van der Waals surface area contributed by atoms with Crippen LogP contribution in [0.15, 0.2) is 48.0 Å². The van der Waals surface area contributed by atoms with Gasteiger partial charge < -0.3 is 14.6 Å². The number of carboxylic acid groups (broad SMARTS) is 1. The van der Waals surface area contributed by atoms with Gasteiger partial charge in [0.1, 0.15) is 23.9 Å². The molecule has 1 N–H and O–H groups in total. The maximum Gasteiger partial charge on any atom is 0.341 e. The van der Waals surface area contributed by atoms with E-state index in [1.54, 1.807) is 35.2 Å². The molecule has 0 spiro atoms. The molecule has 30 heavy (non-hydrogen) atoms. The lowest BCUT2D eigenvalue weighted by atomic mass is 9.90. The summed E-state index contributed by atoms with van der Waals surface area (Å²) in [4.78, 5) is 12.5. The van der Waals surface area contributed by atoms with Gasteiger partial charge in [0, 0.05) is 25.1 Å². The minimum absolute atomic E-state index is 0.184. The minimum Gasteiger partial charge on any atom is -0.489 e. The number of likely N-dealkylation sites (tertiary alicyclic amines) is 1. The zero-order chi connectivity index (χ0) is 21.3. The number of nitrogens with zero attached hydrogens (tertiary/aromatic N) is 1. The summed E-state index contributed by atoms with van der Waals surface area (Å²) < 4.78 is 51.9. The summed E-state index contributed by atoms with van der Waals surface area (Å²) in [5, 5.41) is 8.85. The predicted octanol–water partition coefficient (Wildman–Crippen LogP) is 3.82. The molecule has 2 aromatic carbocycles. The molecular formula is C22H20F3NO4. The molecule has 0 aromatic heterocycles. The van der Waals surface area contributed by atoms with Gasteiger partial charge in [-0.15, -0.1) is 0 Å². The zero-order valence-corrected chi connectivity index (χ0v) is 16.0. The van der Waals surface area contributed by atoms with Crippen molar-refractivity contribution in [1.29, 1.82) is 0 Å². The fraction of sp³-hybridized carbons (Fsp3) is 0.318. The number of carboxylic acids is 1. The first-order valence-electron chi connectivity index (χ1n) is 9.51. The van der Waals surface area contributed by atoms with Crippen molar-refractivity contribution in [2.24, 2.45) is 0 Å². The van der Waals surface area contributed by atoms with E-state index < -0.39 is 18.5 Å². The molecule has 0 unspecified atom stereocenters. The Morgan fingerprint density at radius 1 is 1.20 bits per heavy atom. The van der Waals surface area contributed by atoms with E-state index in [4.69, 9.17) is 14.6 Å². The summed E-state index contributed by atoms with van der Waals surface area (Å²) in [7, 11) is 0. The number of hydrogen-bond donors (Lipinski definition) is 1. The molecular weight excluding hydrogens is 399 g/mol. The Morgan fingerprint density at radius 3 is 2.63 bits per heavy atom. The monoisotopic (exact) mass is 419 g/mol. The van der Waals surface area contributed by atoms with Crippen molar-refractivity contribution >= 4 is 11.5 Å². The molecule has 0 saturated carbocycles. The van der Waals surface area contributed by atoms with Crippen molar-refractivity contribution in [1.82, 2.24) is 4.90 Å². The van der Waals surface area contributed by atoms with Gasteiger partial charge in [-0.05, 0) is 47.0 Å². The number of aliphatic carboxylic acids is 1. The van der Waals surface area contributed by atoms with Crippen LogP contribution >= 0.6 is 0 Å². The highest BCUT2D eigenvalue weighted by molar-refractivity contribution is 5.87. The van der Waals surface area contributed by atoms with Crippen LogP contribution in [-0.2, 0) is 4.79 Å². The van der Waals surface area contributed by atoms with E-state index in [0.29, 0.717) is 23.6 Å². The van der Waals surface area contributed by atoms with E-state index in [9.17, 15) is 18.0 Å². The van der Waals surface area contributed by atoms with Crippen LogP contribution in [0.3, 0.4) is 0 Å². The Labute approximate surface area is 171 Å². The van der Waals surface area contributed by atoms with Crippen LogP contribution in [-0.4, -0.2) is 54.7 Å². The van der Waals surface area contributed by atoms with E-state index in [1.807, 2.05) is 0 Å². The second kappa shape index (κ2) is 8.02. The summed E-state index contributed by atoms with van der Waals surface area (Å²) in [6.45, 7) is -0.0202. The lowest BCUT2D eigenvalue weighted by Gasteiger charge is -2.28. The molecule has 5 nitrogen and oxygen atoms in total. The van der Waals surface area contributed by atoms with Gasteiger partial charge in [-0.25, -0.2) is 18.0 Å².